The molecule has 2 saturated heterocycles. The quantitative estimate of drug-likeness (QED) is 0.554. The third-order valence-electron chi connectivity index (χ3n) is 6.93. The van der Waals surface area contributed by atoms with Crippen LogP contribution in [0.3, 0.4) is 0 Å². The van der Waals surface area contributed by atoms with Gasteiger partial charge in [-0.3, -0.25) is 14.4 Å². The Morgan fingerprint density at radius 2 is 1.89 bits per heavy atom. The van der Waals surface area contributed by atoms with Crippen LogP contribution in [0.15, 0.2) is 24.4 Å². The van der Waals surface area contributed by atoms with Gasteiger partial charge in [-0.2, -0.15) is 10.1 Å². The van der Waals surface area contributed by atoms with Crippen molar-refractivity contribution in [3.63, 3.8) is 0 Å². The van der Waals surface area contributed by atoms with Crippen LogP contribution in [0.1, 0.15) is 31.4 Å². The lowest BCUT2D eigenvalue weighted by Crippen LogP contribution is -2.53. The Hall–Kier alpha value is -2.62. The SMILES string of the molecule is C[C@@H](Nc1nc(N2CCN(C(=O)[C@H]3CCCN3C)CC2)nc2cn(C)nc12)c1ccc(Cl)cc1Cl. The van der Waals surface area contributed by atoms with Gasteiger partial charge in [-0.15, -0.1) is 0 Å². The van der Waals surface area contributed by atoms with Crippen molar-refractivity contribution in [3.8, 4) is 0 Å². The Morgan fingerprint density at radius 3 is 2.57 bits per heavy atom. The molecule has 0 bridgehead atoms. The second kappa shape index (κ2) is 9.79. The standard InChI is InChI=1S/C24H30Cl2N8O/c1-15(17-7-6-16(25)13-18(17)26)27-22-21-19(14-32(3)30-21)28-24(29-22)34-11-9-33(10-12-34)23(35)20-5-4-8-31(20)2/h6-7,13-15,20H,4-5,8-12H2,1-3H3,(H,27,28,29)/t15-,20-/m1/s1. The Labute approximate surface area is 215 Å². The number of piperazine rings is 1. The van der Waals surface area contributed by atoms with Crippen LogP contribution in [-0.2, 0) is 11.8 Å². The number of anilines is 2. The molecule has 0 saturated carbocycles. The zero-order valence-electron chi connectivity index (χ0n) is 20.2. The summed E-state index contributed by atoms with van der Waals surface area (Å²) in [6.45, 7) is 5.72. The number of halogens is 2. The molecule has 3 aromatic rings. The Bertz CT molecular complexity index is 1240. The van der Waals surface area contributed by atoms with E-state index in [0.29, 0.717) is 53.5 Å². The highest BCUT2D eigenvalue weighted by molar-refractivity contribution is 6.35. The van der Waals surface area contributed by atoms with Crippen molar-refractivity contribution < 1.29 is 4.79 Å². The number of nitrogens with one attached hydrogen (secondary N) is 1. The summed E-state index contributed by atoms with van der Waals surface area (Å²) in [5.74, 6) is 1.52. The molecular weight excluding hydrogens is 487 g/mol. The minimum Gasteiger partial charge on any atom is -0.361 e. The summed E-state index contributed by atoms with van der Waals surface area (Å²) in [6.07, 6.45) is 3.92. The molecule has 1 aromatic carbocycles. The number of benzene rings is 1. The van der Waals surface area contributed by atoms with E-state index in [9.17, 15) is 4.79 Å². The molecule has 4 heterocycles. The maximum atomic E-state index is 13.0. The molecule has 0 unspecified atom stereocenters. The van der Waals surface area contributed by atoms with Crippen LogP contribution in [0, 0.1) is 0 Å². The van der Waals surface area contributed by atoms with E-state index >= 15 is 0 Å². The number of carbonyl (C=O) groups is 1. The number of amides is 1. The minimum atomic E-state index is -0.120. The molecule has 2 aliphatic rings. The number of hydrogen-bond donors (Lipinski definition) is 1. The van der Waals surface area contributed by atoms with Gasteiger partial charge >= 0.3 is 0 Å². The summed E-state index contributed by atoms with van der Waals surface area (Å²) in [4.78, 5) is 28.9. The lowest BCUT2D eigenvalue weighted by Gasteiger charge is -2.37. The van der Waals surface area contributed by atoms with Gasteiger partial charge in [0.1, 0.15) is 5.52 Å². The zero-order valence-corrected chi connectivity index (χ0v) is 21.7. The van der Waals surface area contributed by atoms with Crippen LogP contribution in [0.25, 0.3) is 11.0 Å². The summed E-state index contributed by atoms with van der Waals surface area (Å²) in [5, 5.41) is 9.23. The average molecular weight is 517 g/mol. The van der Waals surface area contributed by atoms with E-state index in [2.05, 4.69) is 20.2 Å². The second-order valence-electron chi connectivity index (χ2n) is 9.39. The van der Waals surface area contributed by atoms with E-state index in [1.54, 1.807) is 10.7 Å². The molecule has 0 spiro atoms. The molecule has 186 valence electrons. The van der Waals surface area contributed by atoms with Gasteiger partial charge in [-0.1, -0.05) is 29.3 Å². The molecule has 2 atom stereocenters. The fourth-order valence-corrected chi connectivity index (χ4v) is 5.52. The zero-order chi connectivity index (χ0) is 24.7. The van der Waals surface area contributed by atoms with Gasteiger partial charge in [0.15, 0.2) is 11.3 Å². The lowest BCUT2D eigenvalue weighted by molar-refractivity contribution is -0.135. The number of likely N-dealkylation sites (tertiary alicyclic amines) is 1. The summed E-state index contributed by atoms with van der Waals surface area (Å²) < 4.78 is 1.74. The van der Waals surface area contributed by atoms with Crippen molar-refractivity contribution in [3.05, 3.63) is 40.0 Å². The highest BCUT2D eigenvalue weighted by atomic mass is 35.5. The van der Waals surface area contributed by atoms with Crippen LogP contribution in [0.5, 0.6) is 0 Å². The predicted molar refractivity (Wildman–Crippen MR) is 139 cm³/mol. The third-order valence-corrected chi connectivity index (χ3v) is 7.49. The van der Waals surface area contributed by atoms with Gasteiger partial charge in [-0.25, -0.2) is 4.98 Å². The molecule has 0 aliphatic carbocycles. The Kier molecular flexibility index (Phi) is 6.74. The van der Waals surface area contributed by atoms with Gasteiger partial charge in [0.25, 0.3) is 0 Å². The van der Waals surface area contributed by atoms with E-state index in [0.717, 1.165) is 30.5 Å². The first-order chi connectivity index (χ1) is 16.8. The number of carbonyl (C=O) groups excluding carboxylic acids is 1. The number of aromatic nitrogens is 4. The fraction of sp³-hybridized carbons (Fsp3) is 0.500. The molecule has 1 amide bonds. The molecule has 2 fully saturated rings. The summed E-state index contributed by atoms with van der Waals surface area (Å²) in [5.41, 5.74) is 2.39. The monoisotopic (exact) mass is 516 g/mol. The van der Waals surface area contributed by atoms with Crippen molar-refractivity contribution in [2.45, 2.75) is 31.8 Å². The van der Waals surface area contributed by atoms with Crippen molar-refractivity contribution in [2.75, 3.05) is 50.0 Å². The highest BCUT2D eigenvalue weighted by Crippen LogP contribution is 2.31. The maximum Gasteiger partial charge on any atom is 0.240 e. The maximum absolute atomic E-state index is 13.0. The number of likely N-dealkylation sites (N-methyl/N-ethyl adjacent to an activating group) is 1. The predicted octanol–water partition coefficient (Wildman–Crippen LogP) is 3.59. The van der Waals surface area contributed by atoms with Crippen molar-refractivity contribution in [1.29, 1.82) is 0 Å². The molecule has 11 heteroatoms. The van der Waals surface area contributed by atoms with E-state index in [-0.39, 0.29) is 18.0 Å². The van der Waals surface area contributed by atoms with Crippen LogP contribution in [-0.4, -0.2) is 81.3 Å². The van der Waals surface area contributed by atoms with Crippen LogP contribution in [0.4, 0.5) is 11.8 Å². The normalized spacial score (nSPS) is 20.0. The van der Waals surface area contributed by atoms with Gasteiger partial charge in [-0.05, 0) is 51.1 Å². The first-order valence-electron chi connectivity index (χ1n) is 12.0. The van der Waals surface area contributed by atoms with Gasteiger partial charge in [0.05, 0.1) is 18.3 Å². The summed E-state index contributed by atoms with van der Waals surface area (Å²) in [6, 6.07) is 5.38. The highest BCUT2D eigenvalue weighted by Gasteiger charge is 2.33. The fourth-order valence-electron chi connectivity index (χ4n) is 4.95. The topological polar surface area (TPSA) is 82.4 Å². The molecule has 35 heavy (non-hydrogen) atoms. The average Bonchev–Trinajstić information content (AvgIpc) is 3.43. The molecule has 2 aromatic heterocycles. The Balaban J connectivity index is 1.35. The minimum absolute atomic E-state index is 0.0153. The third kappa shape index (κ3) is 4.90. The molecular formula is C24H30Cl2N8O. The molecule has 9 nitrogen and oxygen atoms in total. The second-order valence-corrected chi connectivity index (χ2v) is 10.2. The van der Waals surface area contributed by atoms with Crippen LogP contribution >= 0.6 is 23.2 Å². The van der Waals surface area contributed by atoms with E-state index in [4.69, 9.17) is 33.2 Å². The number of aryl methyl sites for hydroxylation is 1. The first kappa shape index (κ1) is 24.1. The largest absolute Gasteiger partial charge is 0.361 e. The van der Waals surface area contributed by atoms with E-state index < -0.39 is 0 Å². The summed E-state index contributed by atoms with van der Waals surface area (Å²) >= 11 is 12.5. The molecule has 2 aliphatic heterocycles. The number of nitrogens with zero attached hydrogens (tertiary/aromatic N) is 7. The van der Waals surface area contributed by atoms with Crippen molar-refractivity contribution in [1.82, 2.24) is 29.5 Å². The molecule has 5 rings (SSSR count). The van der Waals surface area contributed by atoms with Crippen molar-refractivity contribution >= 4 is 51.9 Å². The van der Waals surface area contributed by atoms with Crippen LogP contribution < -0.4 is 10.2 Å². The van der Waals surface area contributed by atoms with E-state index in [1.807, 2.05) is 44.2 Å². The number of hydrogen-bond acceptors (Lipinski definition) is 7. The van der Waals surface area contributed by atoms with Crippen molar-refractivity contribution in [2.24, 2.45) is 7.05 Å². The van der Waals surface area contributed by atoms with E-state index in [1.165, 1.54) is 0 Å². The molecule has 0 radical (unpaired) electrons. The number of rotatable bonds is 5. The van der Waals surface area contributed by atoms with Gasteiger partial charge < -0.3 is 15.1 Å². The van der Waals surface area contributed by atoms with Crippen LogP contribution in [0.2, 0.25) is 10.0 Å². The lowest BCUT2D eigenvalue weighted by atomic mass is 10.1. The number of fused-ring (bicyclic) bond motifs is 1. The summed E-state index contributed by atoms with van der Waals surface area (Å²) in [7, 11) is 3.91. The van der Waals surface area contributed by atoms with Gasteiger partial charge in [0.2, 0.25) is 11.9 Å². The first-order valence-corrected chi connectivity index (χ1v) is 12.7. The van der Waals surface area contributed by atoms with Gasteiger partial charge in [0, 0.05) is 43.3 Å². The smallest absolute Gasteiger partial charge is 0.240 e. The molecule has 1 N–H and O–H groups in total. The Morgan fingerprint density at radius 1 is 1.11 bits per heavy atom.